The second-order valence-corrected chi connectivity index (χ2v) is 7.40. The van der Waals surface area contributed by atoms with Gasteiger partial charge >= 0.3 is 0 Å². The SMILES string of the molecule is COc1ccccc1N(C(C)=O)c1nc(CSc2ccc(F)c(F)c2)cs1. The van der Waals surface area contributed by atoms with Gasteiger partial charge in [0.1, 0.15) is 5.75 Å². The molecule has 3 rings (SSSR count). The quantitative estimate of drug-likeness (QED) is 0.514. The van der Waals surface area contributed by atoms with E-state index in [4.69, 9.17) is 4.74 Å². The van der Waals surface area contributed by atoms with E-state index in [1.165, 1.54) is 41.0 Å². The minimum atomic E-state index is -0.877. The number of halogens is 2. The molecule has 1 heterocycles. The molecule has 1 aromatic heterocycles. The average molecular weight is 406 g/mol. The van der Waals surface area contributed by atoms with Crippen molar-refractivity contribution in [3.63, 3.8) is 0 Å². The van der Waals surface area contributed by atoms with Crippen molar-refractivity contribution >= 4 is 39.8 Å². The van der Waals surface area contributed by atoms with Crippen LogP contribution in [0.25, 0.3) is 0 Å². The van der Waals surface area contributed by atoms with Crippen molar-refractivity contribution in [3.8, 4) is 5.75 Å². The summed E-state index contributed by atoms with van der Waals surface area (Å²) in [5.41, 5.74) is 1.35. The highest BCUT2D eigenvalue weighted by Crippen LogP contribution is 2.36. The molecule has 27 heavy (non-hydrogen) atoms. The number of para-hydroxylation sites is 2. The van der Waals surface area contributed by atoms with E-state index in [1.54, 1.807) is 19.2 Å². The van der Waals surface area contributed by atoms with Gasteiger partial charge in [0.05, 0.1) is 18.5 Å². The lowest BCUT2D eigenvalue weighted by atomic mass is 10.2. The third-order valence-electron chi connectivity index (χ3n) is 3.65. The Balaban J connectivity index is 1.80. The van der Waals surface area contributed by atoms with Gasteiger partial charge in [-0.2, -0.15) is 0 Å². The summed E-state index contributed by atoms with van der Waals surface area (Å²) >= 11 is 2.67. The molecule has 0 N–H and O–H groups in total. The van der Waals surface area contributed by atoms with Crippen molar-refractivity contribution in [1.82, 2.24) is 4.98 Å². The van der Waals surface area contributed by atoms with Crippen LogP contribution in [0.4, 0.5) is 19.6 Å². The number of amides is 1. The van der Waals surface area contributed by atoms with E-state index >= 15 is 0 Å². The number of hydrogen-bond donors (Lipinski definition) is 0. The second-order valence-electron chi connectivity index (χ2n) is 5.51. The Kier molecular flexibility index (Phi) is 6.08. The molecule has 0 aliphatic rings. The van der Waals surface area contributed by atoms with Crippen LogP contribution in [0.5, 0.6) is 5.75 Å². The molecule has 0 spiro atoms. The lowest BCUT2D eigenvalue weighted by Crippen LogP contribution is -2.23. The number of thiazole rings is 1. The Morgan fingerprint density at radius 2 is 2.00 bits per heavy atom. The van der Waals surface area contributed by atoms with Gasteiger partial charge in [-0.25, -0.2) is 13.8 Å². The molecule has 2 aromatic carbocycles. The number of ether oxygens (including phenoxy) is 1. The summed E-state index contributed by atoms with van der Waals surface area (Å²) in [7, 11) is 1.54. The maximum atomic E-state index is 13.3. The molecule has 0 fully saturated rings. The van der Waals surface area contributed by atoms with E-state index in [1.807, 2.05) is 17.5 Å². The average Bonchev–Trinajstić information content (AvgIpc) is 3.11. The number of anilines is 2. The van der Waals surface area contributed by atoms with Crippen LogP contribution in [0.2, 0.25) is 0 Å². The van der Waals surface area contributed by atoms with Gasteiger partial charge < -0.3 is 4.74 Å². The highest BCUT2D eigenvalue weighted by Gasteiger charge is 2.21. The fourth-order valence-electron chi connectivity index (χ4n) is 2.41. The van der Waals surface area contributed by atoms with E-state index in [-0.39, 0.29) is 5.91 Å². The second kappa shape index (κ2) is 8.49. The smallest absolute Gasteiger partial charge is 0.230 e. The lowest BCUT2D eigenvalue weighted by Gasteiger charge is -2.20. The highest BCUT2D eigenvalue weighted by atomic mass is 32.2. The first kappa shape index (κ1) is 19.3. The number of carbonyl (C=O) groups excluding carboxylic acids is 1. The fraction of sp³-hybridized carbons (Fsp3) is 0.158. The molecule has 140 valence electrons. The van der Waals surface area contributed by atoms with Crippen LogP contribution < -0.4 is 9.64 Å². The Morgan fingerprint density at radius 3 is 2.70 bits per heavy atom. The van der Waals surface area contributed by atoms with Gasteiger partial charge in [0.25, 0.3) is 0 Å². The minimum absolute atomic E-state index is 0.186. The summed E-state index contributed by atoms with van der Waals surface area (Å²) in [4.78, 5) is 18.8. The Labute approximate surface area is 163 Å². The Morgan fingerprint density at radius 1 is 1.22 bits per heavy atom. The zero-order valence-electron chi connectivity index (χ0n) is 14.6. The van der Waals surface area contributed by atoms with E-state index < -0.39 is 11.6 Å². The number of carbonyl (C=O) groups is 1. The number of rotatable bonds is 6. The maximum absolute atomic E-state index is 13.3. The monoisotopic (exact) mass is 406 g/mol. The van der Waals surface area contributed by atoms with Crippen LogP contribution >= 0.6 is 23.1 Å². The molecule has 0 radical (unpaired) electrons. The first-order chi connectivity index (χ1) is 13.0. The van der Waals surface area contributed by atoms with Gasteiger partial charge in [0.2, 0.25) is 5.91 Å². The summed E-state index contributed by atoms with van der Waals surface area (Å²) in [5.74, 6) is -0.893. The summed E-state index contributed by atoms with van der Waals surface area (Å²) in [6, 6.07) is 11.0. The van der Waals surface area contributed by atoms with E-state index in [2.05, 4.69) is 4.98 Å². The lowest BCUT2D eigenvalue weighted by molar-refractivity contribution is -0.115. The van der Waals surface area contributed by atoms with E-state index in [9.17, 15) is 13.6 Å². The standard InChI is InChI=1S/C19H16F2N2O2S2/c1-12(24)23(17-5-3-4-6-18(17)25-2)19-22-13(11-27-19)10-26-14-7-8-15(20)16(21)9-14/h3-9,11H,10H2,1-2H3. The van der Waals surface area contributed by atoms with Crippen molar-refractivity contribution in [1.29, 1.82) is 0 Å². The van der Waals surface area contributed by atoms with Crippen molar-refractivity contribution in [2.45, 2.75) is 17.6 Å². The van der Waals surface area contributed by atoms with Crippen LogP contribution in [-0.4, -0.2) is 18.0 Å². The van der Waals surface area contributed by atoms with Gasteiger partial charge in [-0.15, -0.1) is 23.1 Å². The van der Waals surface area contributed by atoms with Crippen molar-refractivity contribution in [2.75, 3.05) is 12.0 Å². The molecule has 0 saturated carbocycles. The van der Waals surface area contributed by atoms with Crippen LogP contribution in [0, 0.1) is 11.6 Å². The van der Waals surface area contributed by atoms with Gasteiger partial charge in [0.15, 0.2) is 16.8 Å². The molecular weight excluding hydrogens is 390 g/mol. The van der Waals surface area contributed by atoms with Crippen LogP contribution in [0.15, 0.2) is 52.7 Å². The number of methoxy groups -OCH3 is 1. The zero-order valence-corrected chi connectivity index (χ0v) is 16.2. The molecule has 8 heteroatoms. The highest BCUT2D eigenvalue weighted by molar-refractivity contribution is 7.98. The minimum Gasteiger partial charge on any atom is -0.495 e. The van der Waals surface area contributed by atoms with Crippen LogP contribution in [-0.2, 0) is 10.5 Å². The molecular formula is C19H16F2N2O2S2. The normalized spacial score (nSPS) is 10.7. The topological polar surface area (TPSA) is 42.4 Å². The molecule has 4 nitrogen and oxygen atoms in total. The molecule has 3 aromatic rings. The number of hydrogen-bond acceptors (Lipinski definition) is 5. The van der Waals surface area contributed by atoms with Crippen molar-refractivity contribution in [3.05, 3.63) is 65.2 Å². The predicted molar refractivity (Wildman–Crippen MR) is 104 cm³/mol. The largest absolute Gasteiger partial charge is 0.495 e. The summed E-state index contributed by atoms with van der Waals surface area (Å²) in [5, 5.41) is 2.36. The summed E-state index contributed by atoms with van der Waals surface area (Å²) in [6.07, 6.45) is 0. The first-order valence-electron chi connectivity index (χ1n) is 7.95. The molecule has 0 aliphatic carbocycles. The maximum Gasteiger partial charge on any atom is 0.230 e. The number of benzene rings is 2. The van der Waals surface area contributed by atoms with Crippen LogP contribution in [0.3, 0.4) is 0 Å². The van der Waals surface area contributed by atoms with E-state index in [0.717, 1.165) is 17.8 Å². The zero-order chi connectivity index (χ0) is 19.4. The summed E-state index contributed by atoms with van der Waals surface area (Å²) < 4.78 is 31.7. The van der Waals surface area contributed by atoms with Gasteiger partial charge in [-0.05, 0) is 30.3 Å². The van der Waals surface area contributed by atoms with Crippen molar-refractivity contribution < 1.29 is 18.3 Å². The fourth-order valence-corrected chi connectivity index (χ4v) is 4.21. The third-order valence-corrected chi connectivity index (χ3v) is 5.55. The molecule has 0 unspecified atom stereocenters. The van der Waals surface area contributed by atoms with Crippen LogP contribution in [0.1, 0.15) is 12.6 Å². The Bertz CT molecular complexity index is 962. The Hall–Kier alpha value is -2.45. The molecule has 0 bridgehead atoms. The van der Waals surface area contributed by atoms with Gasteiger partial charge in [-0.1, -0.05) is 12.1 Å². The number of nitrogens with zero attached hydrogens (tertiary/aromatic N) is 2. The number of aromatic nitrogens is 1. The molecule has 1 amide bonds. The van der Waals surface area contributed by atoms with Gasteiger partial charge in [0, 0.05) is 23.0 Å². The third kappa shape index (κ3) is 4.45. The molecule has 0 saturated heterocycles. The molecule has 0 atom stereocenters. The predicted octanol–water partition coefficient (Wildman–Crippen LogP) is 5.41. The first-order valence-corrected chi connectivity index (χ1v) is 9.82. The summed E-state index contributed by atoms with van der Waals surface area (Å²) in [6.45, 7) is 1.46. The molecule has 0 aliphatic heterocycles. The van der Waals surface area contributed by atoms with Gasteiger partial charge in [-0.3, -0.25) is 9.69 Å². The van der Waals surface area contributed by atoms with Crippen molar-refractivity contribution in [2.24, 2.45) is 0 Å². The number of thioether (sulfide) groups is 1. The van der Waals surface area contributed by atoms with E-state index in [0.29, 0.717) is 27.2 Å².